The van der Waals surface area contributed by atoms with E-state index in [-0.39, 0.29) is 5.78 Å². The molecule has 0 spiro atoms. The summed E-state index contributed by atoms with van der Waals surface area (Å²) in [6.45, 7) is 4.07. The van der Waals surface area contributed by atoms with Crippen molar-refractivity contribution in [1.82, 2.24) is 4.98 Å². The minimum atomic E-state index is 0.0479. The number of pyridine rings is 1. The Morgan fingerprint density at radius 2 is 1.75 bits per heavy atom. The summed E-state index contributed by atoms with van der Waals surface area (Å²) in [6, 6.07) is 15.3. The van der Waals surface area contributed by atoms with Gasteiger partial charge in [-0.1, -0.05) is 30.3 Å². The number of para-hydroxylation sites is 1. The largest absolute Gasteiger partial charge is 0.289 e. The fourth-order valence-electron chi connectivity index (χ4n) is 2.33. The predicted molar refractivity (Wildman–Crippen MR) is 81.1 cm³/mol. The molecule has 0 aliphatic carbocycles. The van der Waals surface area contributed by atoms with Crippen LogP contribution in [-0.2, 0) is 0 Å². The van der Waals surface area contributed by atoms with E-state index in [2.05, 4.69) is 4.98 Å². The van der Waals surface area contributed by atoms with Crippen molar-refractivity contribution in [3.63, 3.8) is 0 Å². The van der Waals surface area contributed by atoms with Gasteiger partial charge in [-0.15, -0.1) is 0 Å². The molecule has 2 aromatic carbocycles. The minimum absolute atomic E-state index is 0.0479. The molecule has 98 valence electrons. The molecule has 0 aliphatic rings. The van der Waals surface area contributed by atoms with E-state index in [1.54, 1.807) is 12.3 Å². The van der Waals surface area contributed by atoms with Gasteiger partial charge in [0.1, 0.15) is 0 Å². The van der Waals surface area contributed by atoms with Gasteiger partial charge in [0, 0.05) is 22.7 Å². The van der Waals surface area contributed by atoms with Gasteiger partial charge in [-0.2, -0.15) is 0 Å². The minimum Gasteiger partial charge on any atom is -0.289 e. The number of hydrogen-bond donors (Lipinski definition) is 0. The maximum atomic E-state index is 12.7. The molecule has 0 bridgehead atoms. The smallest absolute Gasteiger partial charge is 0.193 e. The van der Waals surface area contributed by atoms with E-state index >= 15 is 0 Å². The van der Waals surface area contributed by atoms with E-state index in [9.17, 15) is 4.79 Å². The van der Waals surface area contributed by atoms with E-state index in [0.29, 0.717) is 5.56 Å². The van der Waals surface area contributed by atoms with Gasteiger partial charge in [0.25, 0.3) is 0 Å². The van der Waals surface area contributed by atoms with E-state index in [4.69, 9.17) is 0 Å². The summed E-state index contributed by atoms with van der Waals surface area (Å²) >= 11 is 0. The average Bonchev–Trinajstić information content (AvgIpc) is 2.49. The van der Waals surface area contributed by atoms with Crippen LogP contribution in [0.25, 0.3) is 10.9 Å². The molecule has 0 saturated carbocycles. The monoisotopic (exact) mass is 261 g/mol. The number of carbonyl (C=O) groups is 1. The fraction of sp³-hybridized carbons (Fsp3) is 0.111. The van der Waals surface area contributed by atoms with E-state index in [1.807, 2.05) is 56.3 Å². The number of nitrogens with zero attached hydrogens (tertiary/aromatic N) is 1. The molecule has 0 radical (unpaired) electrons. The number of fused-ring (bicyclic) bond motifs is 1. The lowest BCUT2D eigenvalue weighted by Crippen LogP contribution is -2.03. The van der Waals surface area contributed by atoms with Crippen LogP contribution in [0, 0.1) is 13.8 Å². The van der Waals surface area contributed by atoms with Crippen LogP contribution < -0.4 is 0 Å². The van der Waals surface area contributed by atoms with Crippen LogP contribution in [0.4, 0.5) is 0 Å². The molecule has 0 fully saturated rings. The summed E-state index contributed by atoms with van der Waals surface area (Å²) in [7, 11) is 0. The second-order valence-electron chi connectivity index (χ2n) is 5.00. The van der Waals surface area contributed by atoms with Crippen molar-refractivity contribution < 1.29 is 4.79 Å². The number of aromatic nitrogens is 1. The van der Waals surface area contributed by atoms with Gasteiger partial charge in [0.05, 0.1) is 5.52 Å². The quantitative estimate of drug-likeness (QED) is 0.650. The lowest BCUT2D eigenvalue weighted by Gasteiger charge is -2.07. The van der Waals surface area contributed by atoms with Crippen molar-refractivity contribution in [3.05, 3.63) is 77.0 Å². The maximum absolute atomic E-state index is 12.7. The number of benzene rings is 2. The topological polar surface area (TPSA) is 30.0 Å². The Morgan fingerprint density at radius 3 is 2.55 bits per heavy atom. The second-order valence-corrected chi connectivity index (χ2v) is 5.00. The molecule has 1 heterocycles. The lowest BCUT2D eigenvalue weighted by atomic mass is 9.97. The van der Waals surface area contributed by atoms with E-state index in [1.165, 1.54) is 5.56 Å². The Hall–Kier alpha value is -2.48. The molecule has 0 aliphatic heterocycles. The highest BCUT2D eigenvalue weighted by molar-refractivity contribution is 6.15. The molecule has 20 heavy (non-hydrogen) atoms. The van der Waals surface area contributed by atoms with E-state index < -0.39 is 0 Å². The normalized spacial score (nSPS) is 10.7. The first-order chi connectivity index (χ1) is 9.66. The Bertz CT molecular complexity index is 800. The van der Waals surface area contributed by atoms with Crippen LogP contribution >= 0.6 is 0 Å². The highest BCUT2D eigenvalue weighted by atomic mass is 16.1. The third-order valence-electron chi connectivity index (χ3n) is 3.66. The standard InChI is InChI=1S/C18H15NO/c1-12-7-8-14(11-13(12)2)18(20)16-9-10-19-17-6-4-3-5-15(16)17/h3-11H,1-2H3. The highest BCUT2D eigenvalue weighted by Gasteiger charge is 2.13. The number of carbonyl (C=O) groups excluding carboxylic acids is 1. The van der Waals surface area contributed by atoms with Crippen LogP contribution in [0.15, 0.2) is 54.7 Å². The number of hydrogen-bond acceptors (Lipinski definition) is 2. The summed E-state index contributed by atoms with van der Waals surface area (Å²) in [4.78, 5) is 17.0. The van der Waals surface area contributed by atoms with E-state index in [0.717, 1.165) is 22.0 Å². The predicted octanol–water partition coefficient (Wildman–Crippen LogP) is 4.08. The molecule has 3 rings (SSSR count). The molecule has 0 N–H and O–H groups in total. The molecule has 2 nitrogen and oxygen atoms in total. The van der Waals surface area contributed by atoms with Crippen molar-refractivity contribution in [1.29, 1.82) is 0 Å². The van der Waals surface area contributed by atoms with Gasteiger partial charge in [0.2, 0.25) is 0 Å². The van der Waals surface area contributed by atoms with Crippen LogP contribution in [0.5, 0.6) is 0 Å². The molecular formula is C18H15NO. The molecule has 3 aromatic rings. The van der Waals surface area contributed by atoms with Gasteiger partial charge in [-0.3, -0.25) is 9.78 Å². The molecule has 0 unspecified atom stereocenters. The van der Waals surface area contributed by atoms with Crippen LogP contribution in [0.2, 0.25) is 0 Å². The van der Waals surface area contributed by atoms with Gasteiger partial charge >= 0.3 is 0 Å². The number of aryl methyl sites for hydroxylation is 2. The average molecular weight is 261 g/mol. The summed E-state index contributed by atoms with van der Waals surface area (Å²) in [5.74, 6) is 0.0479. The first-order valence-corrected chi connectivity index (χ1v) is 6.62. The summed E-state index contributed by atoms with van der Waals surface area (Å²) in [5, 5.41) is 0.901. The Balaban J connectivity index is 2.15. The fourth-order valence-corrected chi connectivity index (χ4v) is 2.33. The maximum Gasteiger partial charge on any atom is 0.193 e. The Kier molecular flexibility index (Phi) is 3.07. The van der Waals surface area contributed by atoms with Crippen LogP contribution in [0.3, 0.4) is 0 Å². The Labute approximate surface area is 118 Å². The zero-order chi connectivity index (χ0) is 14.1. The summed E-state index contributed by atoms with van der Waals surface area (Å²) in [6.07, 6.45) is 1.69. The van der Waals surface area contributed by atoms with Crippen molar-refractivity contribution in [3.8, 4) is 0 Å². The number of ketones is 1. The molecule has 0 saturated heterocycles. The van der Waals surface area contributed by atoms with Crippen molar-refractivity contribution >= 4 is 16.7 Å². The van der Waals surface area contributed by atoms with Crippen LogP contribution in [0.1, 0.15) is 27.0 Å². The van der Waals surface area contributed by atoms with Crippen molar-refractivity contribution in [2.24, 2.45) is 0 Å². The summed E-state index contributed by atoms with van der Waals surface area (Å²) < 4.78 is 0. The zero-order valence-corrected chi connectivity index (χ0v) is 11.6. The van der Waals surface area contributed by atoms with Gasteiger partial charge in [0.15, 0.2) is 5.78 Å². The first kappa shape index (κ1) is 12.5. The molecule has 2 heteroatoms. The lowest BCUT2D eigenvalue weighted by molar-refractivity contribution is 0.104. The third-order valence-corrected chi connectivity index (χ3v) is 3.66. The third kappa shape index (κ3) is 2.10. The molecule has 1 aromatic heterocycles. The first-order valence-electron chi connectivity index (χ1n) is 6.62. The van der Waals surface area contributed by atoms with Gasteiger partial charge in [-0.05, 0) is 43.2 Å². The Morgan fingerprint density at radius 1 is 0.950 bits per heavy atom. The SMILES string of the molecule is Cc1ccc(C(=O)c2ccnc3ccccc23)cc1C. The summed E-state index contributed by atoms with van der Waals surface area (Å²) in [5.41, 5.74) is 4.61. The second kappa shape index (κ2) is 4.89. The highest BCUT2D eigenvalue weighted by Crippen LogP contribution is 2.20. The molecule has 0 atom stereocenters. The number of rotatable bonds is 2. The molecule has 0 amide bonds. The van der Waals surface area contributed by atoms with Gasteiger partial charge < -0.3 is 0 Å². The van der Waals surface area contributed by atoms with Crippen molar-refractivity contribution in [2.45, 2.75) is 13.8 Å². The molecular weight excluding hydrogens is 246 g/mol. The van der Waals surface area contributed by atoms with Crippen LogP contribution in [-0.4, -0.2) is 10.8 Å². The zero-order valence-electron chi connectivity index (χ0n) is 11.6. The van der Waals surface area contributed by atoms with Crippen molar-refractivity contribution in [2.75, 3.05) is 0 Å². The van der Waals surface area contributed by atoms with Gasteiger partial charge in [-0.25, -0.2) is 0 Å².